The first-order valence-corrected chi connectivity index (χ1v) is 10.6. The highest BCUT2D eigenvalue weighted by Crippen LogP contribution is 2.37. The molecular weight excluding hydrogens is 412 g/mol. The summed E-state index contributed by atoms with van der Waals surface area (Å²) in [5.74, 6) is -0.956. The molecule has 0 bridgehead atoms. The van der Waals surface area contributed by atoms with Crippen LogP contribution in [0.15, 0.2) is 84.9 Å². The van der Waals surface area contributed by atoms with Gasteiger partial charge in [-0.3, -0.25) is 9.59 Å². The topological polar surface area (TPSA) is 110 Å². The molecule has 0 aromatic heterocycles. The smallest absolute Gasteiger partial charge is 0.256 e. The monoisotopic (exact) mass is 434 g/mol. The number of amides is 2. The minimum atomic E-state index is -0.510. The molecule has 6 N–H and O–H groups in total. The van der Waals surface area contributed by atoms with Crippen molar-refractivity contribution in [1.82, 2.24) is 0 Å². The van der Waals surface area contributed by atoms with Crippen molar-refractivity contribution in [2.24, 2.45) is 0 Å². The van der Waals surface area contributed by atoms with Crippen LogP contribution >= 0.6 is 0 Å². The average molecular weight is 434 g/mol. The number of benzene rings is 4. The van der Waals surface area contributed by atoms with Crippen molar-refractivity contribution < 1.29 is 9.59 Å². The molecule has 0 saturated carbocycles. The van der Waals surface area contributed by atoms with E-state index in [9.17, 15) is 9.59 Å². The number of nitrogens with two attached hydrogens (primary N) is 2. The number of carbonyl (C=O) groups is 2. The molecular formula is C27H22N4O2. The molecule has 0 saturated heterocycles. The van der Waals surface area contributed by atoms with Crippen LogP contribution in [-0.4, -0.2) is 11.8 Å². The highest BCUT2D eigenvalue weighted by atomic mass is 16.2. The molecule has 4 aromatic carbocycles. The van der Waals surface area contributed by atoms with Crippen LogP contribution in [0.1, 0.15) is 27.4 Å². The Morgan fingerprint density at radius 3 is 2.09 bits per heavy atom. The summed E-state index contributed by atoms with van der Waals surface area (Å²) in [5, 5.41) is 7.66. The standard InChI is InChI=1S/C27H22N4O2/c28-21-8-1-3-10-23(21)30-26(32)19-13-12-16-6-5-7-17-20(15-14-18(19)25(16)17)27(33)31-24-11-4-2-9-22(24)29/h1-15,20H,28-29H2,(H,30,32)(H,31,33). The molecule has 162 valence electrons. The number of para-hydroxylation sites is 4. The summed E-state index contributed by atoms with van der Waals surface area (Å²) < 4.78 is 0. The van der Waals surface area contributed by atoms with E-state index in [-0.39, 0.29) is 11.8 Å². The van der Waals surface area contributed by atoms with Gasteiger partial charge in [-0.25, -0.2) is 0 Å². The van der Waals surface area contributed by atoms with E-state index in [1.807, 2.05) is 60.7 Å². The van der Waals surface area contributed by atoms with Gasteiger partial charge in [0.2, 0.25) is 5.91 Å². The quantitative estimate of drug-likeness (QED) is 0.339. The normalized spacial score (nSPS) is 14.1. The third kappa shape index (κ3) is 3.68. The van der Waals surface area contributed by atoms with Crippen LogP contribution < -0.4 is 22.1 Å². The van der Waals surface area contributed by atoms with Crippen LogP contribution in [0, 0.1) is 0 Å². The number of hydrogen-bond acceptors (Lipinski definition) is 4. The fourth-order valence-corrected chi connectivity index (χ4v) is 4.21. The van der Waals surface area contributed by atoms with Crippen molar-refractivity contribution in [2.45, 2.75) is 5.92 Å². The molecule has 0 fully saturated rings. The summed E-state index contributed by atoms with van der Waals surface area (Å²) in [6.45, 7) is 0. The molecule has 1 aliphatic rings. The predicted octanol–water partition coefficient (Wildman–Crippen LogP) is 5.01. The predicted molar refractivity (Wildman–Crippen MR) is 134 cm³/mol. The van der Waals surface area contributed by atoms with Crippen LogP contribution in [0.25, 0.3) is 16.8 Å². The number of nitrogen functional groups attached to an aromatic ring is 2. The lowest BCUT2D eigenvalue weighted by molar-refractivity contribution is -0.116. The number of rotatable bonds is 4. The van der Waals surface area contributed by atoms with Crippen molar-refractivity contribution in [2.75, 3.05) is 22.1 Å². The van der Waals surface area contributed by atoms with Gasteiger partial charge in [-0.15, -0.1) is 0 Å². The number of carbonyl (C=O) groups excluding carboxylic acids is 2. The molecule has 6 nitrogen and oxygen atoms in total. The molecule has 0 spiro atoms. The summed E-state index contributed by atoms with van der Waals surface area (Å²) in [7, 11) is 0. The molecule has 4 aromatic rings. The molecule has 2 amide bonds. The minimum absolute atomic E-state index is 0.186. The minimum Gasteiger partial charge on any atom is -0.397 e. The fraction of sp³-hybridized carbons (Fsp3) is 0.0370. The molecule has 1 aliphatic carbocycles. The second kappa shape index (κ2) is 8.16. The highest BCUT2D eigenvalue weighted by Gasteiger charge is 2.26. The van der Waals surface area contributed by atoms with Gasteiger partial charge in [0.05, 0.1) is 28.7 Å². The van der Waals surface area contributed by atoms with Gasteiger partial charge in [-0.05, 0) is 52.2 Å². The first-order chi connectivity index (χ1) is 16.0. The Balaban J connectivity index is 1.52. The summed E-state index contributed by atoms with van der Waals surface area (Å²) in [5.41, 5.74) is 16.2. The van der Waals surface area contributed by atoms with Crippen LogP contribution in [-0.2, 0) is 4.79 Å². The Morgan fingerprint density at radius 2 is 1.39 bits per heavy atom. The maximum Gasteiger partial charge on any atom is 0.256 e. The third-order valence-electron chi connectivity index (χ3n) is 5.86. The highest BCUT2D eigenvalue weighted by molar-refractivity contribution is 6.14. The van der Waals surface area contributed by atoms with Gasteiger partial charge in [0.25, 0.3) is 5.91 Å². The molecule has 6 heteroatoms. The van der Waals surface area contributed by atoms with E-state index in [2.05, 4.69) is 10.6 Å². The van der Waals surface area contributed by atoms with E-state index in [4.69, 9.17) is 11.5 Å². The molecule has 0 radical (unpaired) electrons. The summed E-state index contributed by atoms with van der Waals surface area (Å²) in [6, 6.07) is 23.8. The van der Waals surface area contributed by atoms with E-state index in [0.29, 0.717) is 28.3 Å². The maximum absolute atomic E-state index is 13.2. The van der Waals surface area contributed by atoms with Gasteiger partial charge in [-0.1, -0.05) is 60.7 Å². The molecule has 33 heavy (non-hydrogen) atoms. The van der Waals surface area contributed by atoms with Gasteiger partial charge < -0.3 is 22.1 Å². The van der Waals surface area contributed by atoms with E-state index < -0.39 is 5.92 Å². The molecule has 1 atom stereocenters. The van der Waals surface area contributed by atoms with Crippen LogP contribution in [0.2, 0.25) is 0 Å². The summed E-state index contributed by atoms with van der Waals surface area (Å²) in [6.07, 6.45) is 3.66. The molecule has 1 unspecified atom stereocenters. The van der Waals surface area contributed by atoms with Crippen molar-refractivity contribution in [3.8, 4) is 0 Å². The lowest BCUT2D eigenvalue weighted by Crippen LogP contribution is -2.22. The van der Waals surface area contributed by atoms with Crippen molar-refractivity contribution in [3.63, 3.8) is 0 Å². The number of anilines is 4. The second-order valence-electron chi connectivity index (χ2n) is 7.93. The van der Waals surface area contributed by atoms with Gasteiger partial charge in [0.1, 0.15) is 0 Å². The summed E-state index contributed by atoms with van der Waals surface area (Å²) >= 11 is 0. The van der Waals surface area contributed by atoms with Gasteiger partial charge >= 0.3 is 0 Å². The Morgan fingerprint density at radius 1 is 0.727 bits per heavy atom. The fourth-order valence-electron chi connectivity index (χ4n) is 4.21. The van der Waals surface area contributed by atoms with Gasteiger partial charge in [0.15, 0.2) is 0 Å². The lowest BCUT2D eigenvalue weighted by Gasteiger charge is -2.23. The maximum atomic E-state index is 13.2. The third-order valence-corrected chi connectivity index (χ3v) is 5.86. The van der Waals surface area contributed by atoms with Crippen LogP contribution in [0.5, 0.6) is 0 Å². The lowest BCUT2D eigenvalue weighted by atomic mass is 9.83. The zero-order valence-corrected chi connectivity index (χ0v) is 17.7. The van der Waals surface area contributed by atoms with Crippen molar-refractivity contribution in [1.29, 1.82) is 0 Å². The van der Waals surface area contributed by atoms with Crippen LogP contribution in [0.4, 0.5) is 22.7 Å². The van der Waals surface area contributed by atoms with Crippen molar-refractivity contribution in [3.05, 3.63) is 102 Å². The zero-order chi connectivity index (χ0) is 22.9. The first kappa shape index (κ1) is 20.3. The second-order valence-corrected chi connectivity index (χ2v) is 7.93. The Labute approximate surface area is 190 Å². The Bertz CT molecular complexity index is 1440. The van der Waals surface area contributed by atoms with Crippen LogP contribution in [0.3, 0.4) is 0 Å². The van der Waals surface area contributed by atoms with E-state index in [0.717, 1.165) is 21.9 Å². The number of hydrogen-bond donors (Lipinski definition) is 4. The molecule has 0 aliphatic heterocycles. The van der Waals surface area contributed by atoms with Gasteiger partial charge in [-0.2, -0.15) is 0 Å². The van der Waals surface area contributed by atoms with E-state index in [1.54, 1.807) is 30.3 Å². The largest absolute Gasteiger partial charge is 0.397 e. The van der Waals surface area contributed by atoms with Crippen molar-refractivity contribution >= 4 is 51.4 Å². The van der Waals surface area contributed by atoms with Gasteiger partial charge in [0, 0.05) is 5.56 Å². The average Bonchev–Trinajstić information content (AvgIpc) is 2.82. The molecule has 5 rings (SSSR count). The van der Waals surface area contributed by atoms with E-state index in [1.165, 1.54) is 0 Å². The molecule has 0 heterocycles. The Hall–Kier alpha value is -4.58. The number of nitrogens with one attached hydrogen (secondary N) is 2. The summed E-state index contributed by atoms with van der Waals surface area (Å²) in [4.78, 5) is 26.3. The SMILES string of the molecule is Nc1ccccc1NC(=O)c1ccc2cccc3c2c1C=CC3C(=O)Nc1ccccc1N. The first-order valence-electron chi connectivity index (χ1n) is 10.6. The Kier molecular flexibility index (Phi) is 5.03. The van der Waals surface area contributed by atoms with E-state index >= 15 is 0 Å². The zero-order valence-electron chi connectivity index (χ0n) is 17.7.